The maximum atomic E-state index is 13.3. The standard InChI is InChI=1S/C25H32ClN3O4S2/c1-5-28(6-2)13-14-29(25-27-24-18(3)16-19(26)17-22(24)34-25)23(30)8-7-15-35(31,32)21-11-9-20(33-4)10-12-21/h9-12,16-17H,5-8,13-15H2,1-4H3. The van der Waals surface area contributed by atoms with Gasteiger partial charge in [0, 0.05) is 24.5 Å². The highest BCUT2D eigenvalue weighted by Crippen LogP contribution is 2.33. The first-order valence-electron chi connectivity index (χ1n) is 11.6. The summed E-state index contributed by atoms with van der Waals surface area (Å²) in [6, 6.07) is 10.0. The summed E-state index contributed by atoms with van der Waals surface area (Å²) in [5.74, 6) is 0.351. The molecule has 0 radical (unpaired) electrons. The summed E-state index contributed by atoms with van der Waals surface area (Å²) < 4.78 is 31.5. The Kier molecular flexibility index (Phi) is 9.52. The molecule has 0 spiro atoms. The SMILES string of the molecule is CCN(CC)CCN(C(=O)CCCS(=O)(=O)c1ccc(OC)cc1)c1nc2c(C)cc(Cl)cc2s1. The van der Waals surface area contributed by atoms with E-state index in [1.807, 2.05) is 19.1 Å². The fraction of sp³-hybridized carbons (Fsp3) is 0.440. The van der Waals surface area contributed by atoms with Crippen LogP contribution in [0.4, 0.5) is 5.13 Å². The zero-order valence-electron chi connectivity index (χ0n) is 20.6. The van der Waals surface area contributed by atoms with Crippen molar-refractivity contribution < 1.29 is 17.9 Å². The zero-order chi connectivity index (χ0) is 25.6. The molecule has 10 heteroatoms. The molecule has 0 aliphatic rings. The van der Waals surface area contributed by atoms with Crippen LogP contribution < -0.4 is 9.64 Å². The first-order valence-corrected chi connectivity index (χ1v) is 14.5. The fourth-order valence-corrected chi connectivity index (χ4v) is 6.59. The minimum Gasteiger partial charge on any atom is -0.497 e. The number of anilines is 1. The number of amides is 1. The predicted molar refractivity (Wildman–Crippen MR) is 144 cm³/mol. The van der Waals surface area contributed by atoms with Crippen molar-refractivity contribution in [2.45, 2.75) is 38.5 Å². The van der Waals surface area contributed by atoms with Gasteiger partial charge in [0.05, 0.1) is 28.0 Å². The Hall–Kier alpha value is -2.20. The molecular weight excluding hydrogens is 506 g/mol. The number of halogens is 1. The molecule has 0 N–H and O–H groups in total. The number of fused-ring (bicyclic) bond motifs is 1. The number of likely N-dealkylation sites (N-methyl/N-ethyl adjacent to an activating group) is 1. The molecule has 1 amide bonds. The summed E-state index contributed by atoms with van der Waals surface area (Å²) in [6.07, 6.45) is 0.341. The van der Waals surface area contributed by atoms with Gasteiger partial charge in [-0.15, -0.1) is 0 Å². The molecule has 0 atom stereocenters. The minimum atomic E-state index is -3.50. The van der Waals surface area contributed by atoms with Crippen LogP contribution >= 0.6 is 22.9 Å². The van der Waals surface area contributed by atoms with Crippen molar-refractivity contribution in [1.29, 1.82) is 0 Å². The number of nitrogens with zero attached hydrogens (tertiary/aromatic N) is 3. The summed E-state index contributed by atoms with van der Waals surface area (Å²) in [4.78, 5) is 22.2. The van der Waals surface area contributed by atoms with Crippen LogP contribution in [0.25, 0.3) is 10.2 Å². The van der Waals surface area contributed by atoms with E-state index in [0.717, 1.165) is 28.9 Å². The van der Waals surface area contributed by atoms with E-state index in [1.165, 1.54) is 30.6 Å². The molecule has 7 nitrogen and oxygen atoms in total. The van der Waals surface area contributed by atoms with Crippen molar-refractivity contribution in [3.8, 4) is 5.75 Å². The number of thiazole rings is 1. The second-order valence-corrected chi connectivity index (χ2v) is 11.8. The van der Waals surface area contributed by atoms with Crippen LogP contribution in [0.3, 0.4) is 0 Å². The summed E-state index contributed by atoms with van der Waals surface area (Å²) in [5.41, 5.74) is 1.79. The van der Waals surface area contributed by atoms with E-state index < -0.39 is 9.84 Å². The lowest BCUT2D eigenvalue weighted by Gasteiger charge is -2.24. The number of ether oxygens (including phenoxy) is 1. The quantitative estimate of drug-likeness (QED) is 0.316. The average molecular weight is 538 g/mol. The van der Waals surface area contributed by atoms with Gasteiger partial charge in [-0.1, -0.05) is 36.8 Å². The molecule has 0 saturated heterocycles. The number of sulfone groups is 1. The third-order valence-corrected chi connectivity index (χ3v) is 8.99. The Morgan fingerprint density at radius 2 is 1.80 bits per heavy atom. The van der Waals surface area contributed by atoms with Gasteiger partial charge in [-0.3, -0.25) is 9.69 Å². The Morgan fingerprint density at radius 1 is 1.11 bits per heavy atom. The van der Waals surface area contributed by atoms with Gasteiger partial charge in [0.25, 0.3) is 0 Å². The number of rotatable bonds is 12. The molecule has 0 saturated carbocycles. The highest BCUT2D eigenvalue weighted by Gasteiger charge is 2.22. The lowest BCUT2D eigenvalue weighted by Crippen LogP contribution is -2.38. The van der Waals surface area contributed by atoms with E-state index >= 15 is 0 Å². The van der Waals surface area contributed by atoms with Gasteiger partial charge in [0.15, 0.2) is 15.0 Å². The number of benzene rings is 2. The first-order chi connectivity index (χ1) is 16.7. The van der Waals surface area contributed by atoms with E-state index in [4.69, 9.17) is 21.3 Å². The average Bonchev–Trinajstić information content (AvgIpc) is 3.25. The maximum absolute atomic E-state index is 13.3. The van der Waals surface area contributed by atoms with Crippen LogP contribution in [0.2, 0.25) is 5.02 Å². The molecule has 0 aliphatic heterocycles. The van der Waals surface area contributed by atoms with Crippen LogP contribution in [-0.4, -0.2) is 63.3 Å². The van der Waals surface area contributed by atoms with Crippen LogP contribution in [0, 0.1) is 6.92 Å². The molecule has 3 rings (SSSR count). The topological polar surface area (TPSA) is 79.8 Å². The Labute approximate surface area is 216 Å². The highest BCUT2D eigenvalue weighted by molar-refractivity contribution is 7.91. The molecule has 1 heterocycles. The third-order valence-electron chi connectivity index (χ3n) is 5.93. The lowest BCUT2D eigenvalue weighted by atomic mass is 10.2. The van der Waals surface area contributed by atoms with Crippen LogP contribution in [0.5, 0.6) is 5.75 Å². The van der Waals surface area contributed by atoms with E-state index in [0.29, 0.717) is 29.0 Å². The molecule has 3 aromatic rings. The van der Waals surface area contributed by atoms with Gasteiger partial charge in [-0.25, -0.2) is 13.4 Å². The lowest BCUT2D eigenvalue weighted by molar-refractivity contribution is -0.118. The summed E-state index contributed by atoms with van der Waals surface area (Å²) in [7, 11) is -1.97. The summed E-state index contributed by atoms with van der Waals surface area (Å²) in [5, 5.41) is 1.25. The molecule has 0 fully saturated rings. The van der Waals surface area contributed by atoms with Gasteiger partial charge >= 0.3 is 0 Å². The summed E-state index contributed by atoms with van der Waals surface area (Å²) in [6.45, 7) is 9.08. The number of aryl methyl sites for hydroxylation is 1. The summed E-state index contributed by atoms with van der Waals surface area (Å²) >= 11 is 7.65. The molecule has 0 unspecified atom stereocenters. The van der Waals surface area contributed by atoms with Gasteiger partial charge in [0.2, 0.25) is 5.91 Å². The largest absolute Gasteiger partial charge is 0.497 e. The number of hydrogen-bond donors (Lipinski definition) is 0. The monoisotopic (exact) mass is 537 g/mol. The third kappa shape index (κ3) is 6.94. The number of methoxy groups -OCH3 is 1. The van der Waals surface area contributed by atoms with E-state index in [-0.39, 0.29) is 29.4 Å². The van der Waals surface area contributed by atoms with Gasteiger partial charge in [0.1, 0.15) is 5.75 Å². The van der Waals surface area contributed by atoms with Crippen LogP contribution in [0.15, 0.2) is 41.3 Å². The van der Waals surface area contributed by atoms with E-state index in [2.05, 4.69) is 18.7 Å². The Balaban J connectivity index is 1.75. The van der Waals surface area contributed by atoms with Crippen LogP contribution in [0.1, 0.15) is 32.3 Å². The molecule has 35 heavy (non-hydrogen) atoms. The molecule has 0 bridgehead atoms. The molecule has 0 aliphatic carbocycles. The Morgan fingerprint density at radius 3 is 2.43 bits per heavy atom. The van der Waals surface area contributed by atoms with Crippen molar-refractivity contribution in [2.24, 2.45) is 0 Å². The Bertz CT molecular complexity index is 1260. The fourth-order valence-electron chi connectivity index (χ4n) is 3.82. The molecule has 1 aromatic heterocycles. The smallest absolute Gasteiger partial charge is 0.228 e. The van der Waals surface area contributed by atoms with E-state index in [9.17, 15) is 13.2 Å². The van der Waals surface area contributed by atoms with Crippen molar-refractivity contribution >= 4 is 54.0 Å². The predicted octanol–water partition coefficient (Wildman–Crippen LogP) is 5.20. The van der Waals surface area contributed by atoms with Gasteiger partial charge in [-0.2, -0.15) is 0 Å². The van der Waals surface area contributed by atoms with E-state index in [1.54, 1.807) is 17.0 Å². The second kappa shape index (κ2) is 12.2. The molecular formula is C25H32ClN3O4S2. The number of aromatic nitrogens is 1. The van der Waals surface area contributed by atoms with Crippen molar-refractivity contribution in [1.82, 2.24) is 9.88 Å². The molecule has 2 aromatic carbocycles. The van der Waals surface area contributed by atoms with Crippen molar-refractivity contribution in [2.75, 3.05) is 43.9 Å². The highest BCUT2D eigenvalue weighted by atomic mass is 35.5. The molecule has 190 valence electrons. The second-order valence-electron chi connectivity index (χ2n) is 8.24. The van der Waals surface area contributed by atoms with Crippen LogP contribution in [-0.2, 0) is 14.6 Å². The van der Waals surface area contributed by atoms with Gasteiger partial charge < -0.3 is 9.64 Å². The van der Waals surface area contributed by atoms with Gasteiger partial charge in [-0.05, 0) is 68.4 Å². The zero-order valence-corrected chi connectivity index (χ0v) is 23.0. The minimum absolute atomic E-state index is 0.108. The maximum Gasteiger partial charge on any atom is 0.228 e. The first kappa shape index (κ1) is 27.4. The number of carbonyl (C=O) groups is 1. The van der Waals surface area contributed by atoms with Crippen molar-refractivity contribution in [3.63, 3.8) is 0 Å². The normalized spacial score (nSPS) is 11.8. The number of hydrogen-bond acceptors (Lipinski definition) is 7. The number of carbonyl (C=O) groups excluding carboxylic acids is 1. The van der Waals surface area contributed by atoms with Crippen molar-refractivity contribution in [3.05, 3.63) is 47.0 Å².